The first kappa shape index (κ1) is 13.8. The second kappa shape index (κ2) is 5.70. The van der Waals surface area contributed by atoms with Crippen molar-refractivity contribution >= 4 is 22.9 Å². The lowest BCUT2D eigenvalue weighted by Gasteiger charge is -2.35. The summed E-state index contributed by atoms with van der Waals surface area (Å²) in [4.78, 5) is 3.80. The van der Waals surface area contributed by atoms with Gasteiger partial charge in [0.2, 0.25) is 0 Å². The number of halogens is 1. The molecule has 1 N–H and O–H groups in total. The van der Waals surface area contributed by atoms with E-state index in [0.717, 1.165) is 30.5 Å². The fourth-order valence-electron chi connectivity index (χ4n) is 3.04. The van der Waals surface area contributed by atoms with E-state index in [4.69, 9.17) is 16.3 Å². The zero-order valence-corrected chi connectivity index (χ0v) is 13.1. The first-order valence-electron chi connectivity index (χ1n) is 6.98. The van der Waals surface area contributed by atoms with Gasteiger partial charge in [0.1, 0.15) is 0 Å². The van der Waals surface area contributed by atoms with Gasteiger partial charge in [-0.1, -0.05) is 11.6 Å². The Bertz CT molecular complexity index is 451. The summed E-state index contributed by atoms with van der Waals surface area (Å²) in [5.74, 6) is 0. The Morgan fingerprint density at radius 1 is 1.58 bits per heavy atom. The van der Waals surface area contributed by atoms with E-state index in [1.165, 1.54) is 16.9 Å². The molecular formula is C14H21ClN2OS. The highest BCUT2D eigenvalue weighted by Crippen LogP contribution is 2.39. The molecule has 3 rings (SSSR count). The largest absolute Gasteiger partial charge is 0.374 e. The molecule has 0 bridgehead atoms. The van der Waals surface area contributed by atoms with Gasteiger partial charge in [0, 0.05) is 30.1 Å². The predicted octanol–water partition coefficient (Wildman–Crippen LogP) is 2.70. The third-order valence-electron chi connectivity index (χ3n) is 4.17. The number of hydrogen-bond acceptors (Lipinski definition) is 4. The van der Waals surface area contributed by atoms with E-state index in [-0.39, 0.29) is 6.10 Å². The summed E-state index contributed by atoms with van der Waals surface area (Å²) in [5, 5.41) is 3.73. The quantitative estimate of drug-likeness (QED) is 0.929. The van der Waals surface area contributed by atoms with Crippen LogP contribution in [-0.4, -0.2) is 43.8 Å². The first-order chi connectivity index (χ1) is 9.13. The van der Waals surface area contributed by atoms with Crippen LogP contribution >= 0.6 is 22.9 Å². The summed E-state index contributed by atoms with van der Waals surface area (Å²) in [6.45, 7) is 5.12. The van der Waals surface area contributed by atoms with Crippen molar-refractivity contribution < 1.29 is 4.74 Å². The Balaban J connectivity index is 1.62. The molecule has 3 nitrogen and oxygen atoms in total. The van der Waals surface area contributed by atoms with E-state index in [9.17, 15) is 0 Å². The van der Waals surface area contributed by atoms with Crippen LogP contribution in [-0.2, 0) is 11.2 Å². The number of ether oxygens (including phenoxy) is 1. The molecule has 0 radical (unpaired) electrons. The van der Waals surface area contributed by atoms with Crippen LogP contribution in [0.15, 0.2) is 6.07 Å². The normalized spacial score (nSPS) is 29.4. The van der Waals surface area contributed by atoms with Crippen molar-refractivity contribution in [1.82, 2.24) is 10.2 Å². The minimum Gasteiger partial charge on any atom is -0.374 e. The minimum absolute atomic E-state index is 0.289. The smallest absolute Gasteiger partial charge is 0.0934 e. The Morgan fingerprint density at radius 2 is 2.42 bits per heavy atom. The molecule has 0 amide bonds. The Labute approximate surface area is 123 Å². The third kappa shape index (κ3) is 2.98. The van der Waals surface area contributed by atoms with E-state index in [1.807, 2.05) is 0 Å². The van der Waals surface area contributed by atoms with Crippen molar-refractivity contribution in [3.63, 3.8) is 0 Å². The Kier molecular flexibility index (Phi) is 4.15. The lowest BCUT2D eigenvalue weighted by atomic mass is 10.1. The Morgan fingerprint density at radius 3 is 3.21 bits per heavy atom. The fraction of sp³-hybridized carbons (Fsp3) is 0.714. The lowest BCUT2D eigenvalue weighted by molar-refractivity contribution is -0.0371. The molecule has 2 heterocycles. The Hall–Kier alpha value is -0.130. The van der Waals surface area contributed by atoms with Gasteiger partial charge in [0.15, 0.2) is 0 Å². The maximum atomic E-state index is 6.11. The van der Waals surface area contributed by atoms with Crippen LogP contribution in [0.5, 0.6) is 0 Å². The summed E-state index contributed by atoms with van der Waals surface area (Å²) in [6, 6.07) is 2.95. The highest BCUT2D eigenvalue weighted by molar-refractivity contribution is 7.16. The highest BCUT2D eigenvalue weighted by Gasteiger charge is 2.30. The molecular weight excluding hydrogens is 280 g/mol. The third-order valence-corrected chi connectivity index (χ3v) is 5.51. The molecule has 0 aromatic carbocycles. The van der Waals surface area contributed by atoms with E-state index in [1.54, 1.807) is 11.3 Å². The van der Waals surface area contributed by atoms with Crippen molar-refractivity contribution in [2.75, 3.05) is 26.7 Å². The SMILES string of the molecule is C[C@H](N[C@@H]1CCc2sc(Cl)cc21)[C@H]1CN(C)CCO1. The molecule has 0 spiro atoms. The molecule has 19 heavy (non-hydrogen) atoms. The van der Waals surface area contributed by atoms with Crippen LogP contribution in [0, 0.1) is 0 Å². The average Bonchev–Trinajstić information content (AvgIpc) is 2.90. The van der Waals surface area contributed by atoms with Crippen molar-refractivity contribution in [3.05, 3.63) is 20.8 Å². The number of aryl methyl sites for hydroxylation is 1. The van der Waals surface area contributed by atoms with Gasteiger partial charge < -0.3 is 15.0 Å². The number of fused-ring (bicyclic) bond motifs is 1. The number of nitrogens with one attached hydrogen (secondary N) is 1. The molecule has 106 valence electrons. The predicted molar refractivity (Wildman–Crippen MR) is 80.2 cm³/mol. The summed E-state index contributed by atoms with van der Waals surface area (Å²) < 4.78 is 6.80. The molecule has 1 fully saturated rings. The van der Waals surface area contributed by atoms with Crippen molar-refractivity contribution in [3.8, 4) is 0 Å². The van der Waals surface area contributed by atoms with Crippen LogP contribution in [0.3, 0.4) is 0 Å². The molecule has 1 saturated heterocycles. The fourth-order valence-corrected chi connectivity index (χ4v) is 4.40. The topological polar surface area (TPSA) is 24.5 Å². The van der Waals surface area contributed by atoms with Gasteiger partial charge in [-0.25, -0.2) is 0 Å². The maximum absolute atomic E-state index is 6.11. The van der Waals surface area contributed by atoms with Crippen LogP contribution in [0.2, 0.25) is 4.34 Å². The minimum atomic E-state index is 0.289. The van der Waals surface area contributed by atoms with Crippen molar-refractivity contribution in [2.24, 2.45) is 0 Å². The van der Waals surface area contributed by atoms with Crippen LogP contribution < -0.4 is 5.32 Å². The van der Waals surface area contributed by atoms with Gasteiger partial charge in [-0.05, 0) is 38.4 Å². The van der Waals surface area contributed by atoms with Gasteiger partial charge >= 0.3 is 0 Å². The lowest BCUT2D eigenvalue weighted by Crippen LogP contribution is -2.50. The molecule has 3 atom stereocenters. The summed E-state index contributed by atoms with van der Waals surface area (Å²) in [7, 11) is 2.16. The average molecular weight is 301 g/mol. The number of likely N-dealkylation sites (N-methyl/N-ethyl adjacent to an activating group) is 1. The summed E-state index contributed by atoms with van der Waals surface area (Å²) in [5.41, 5.74) is 1.41. The molecule has 1 aliphatic heterocycles. The molecule has 5 heteroatoms. The molecule has 0 saturated carbocycles. The zero-order chi connectivity index (χ0) is 13.4. The van der Waals surface area contributed by atoms with E-state index in [2.05, 4.69) is 30.3 Å². The van der Waals surface area contributed by atoms with E-state index >= 15 is 0 Å². The molecule has 1 aliphatic carbocycles. The first-order valence-corrected chi connectivity index (χ1v) is 8.17. The second-order valence-corrected chi connectivity index (χ2v) is 7.42. The van der Waals surface area contributed by atoms with Gasteiger partial charge in [-0.15, -0.1) is 11.3 Å². The number of nitrogens with zero attached hydrogens (tertiary/aromatic N) is 1. The van der Waals surface area contributed by atoms with E-state index < -0.39 is 0 Å². The number of rotatable bonds is 3. The monoisotopic (exact) mass is 300 g/mol. The molecule has 1 aromatic rings. The van der Waals surface area contributed by atoms with Gasteiger partial charge in [-0.3, -0.25) is 0 Å². The van der Waals surface area contributed by atoms with Gasteiger partial charge in [-0.2, -0.15) is 0 Å². The second-order valence-electron chi connectivity index (χ2n) is 5.65. The van der Waals surface area contributed by atoms with Crippen LogP contribution in [0.25, 0.3) is 0 Å². The number of hydrogen-bond donors (Lipinski definition) is 1. The van der Waals surface area contributed by atoms with Crippen LogP contribution in [0.1, 0.15) is 29.8 Å². The van der Waals surface area contributed by atoms with Gasteiger partial charge in [0.05, 0.1) is 17.0 Å². The number of morpholine rings is 1. The number of thiophene rings is 1. The van der Waals surface area contributed by atoms with Crippen molar-refractivity contribution in [1.29, 1.82) is 0 Å². The molecule has 2 aliphatic rings. The highest BCUT2D eigenvalue weighted by atomic mass is 35.5. The zero-order valence-electron chi connectivity index (χ0n) is 11.5. The van der Waals surface area contributed by atoms with Gasteiger partial charge in [0.25, 0.3) is 0 Å². The standard InChI is InChI=1S/C14H21ClN2OS/c1-9(12-8-17(2)5-6-18-12)16-11-3-4-13-10(11)7-14(15)19-13/h7,9,11-12,16H,3-6,8H2,1-2H3/t9-,11+,12+/m0/s1. The van der Waals surface area contributed by atoms with Crippen LogP contribution in [0.4, 0.5) is 0 Å². The van der Waals surface area contributed by atoms with E-state index in [0.29, 0.717) is 12.1 Å². The maximum Gasteiger partial charge on any atom is 0.0934 e. The molecule has 1 aromatic heterocycles. The summed E-state index contributed by atoms with van der Waals surface area (Å²) >= 11 is 7.84. The summed E-state index contributed by atoms with van der Waals surface area (Å²) in [6.07, 6.45) is 2.63. The molecule has 0 unspecified atom stereocenters. The van der Waals surface area contributed by atoms with Crippen molar-refractivity contribution in [2.45, 2.75) is 38.0 Å².